The molecule has 1 atom stereocenters. The number of carbonyl (C=O) groups is 1. The molecule has 0 fully saturated rings. The zero-order valence-electron chi connectivity index (χ0n) is 11.6. The third-order valence-electron chi connectivity index (χ3n) is 3.51. The van der Waals surface area contributed by atoms with Crippen molar-refractivity contribution in [2.24, 2.45) is 9.98 Å². The van der Waals surface area contributed by atoms with Gasteiger partial charge in [0.05, 0.1) is 0 Å². The van der Waals surface area contributed by atoms with Gasteiger partial charge in [0, 0.05) is 11.3 Å². The summed E-state index contributed by atoms with van der Waals surface area (Å²) in [7, 11) is 0. The fourth-order valence-corrected chi connectivity index (χ4v) is 3.26. The molecule has 2 aliphatic rings. The Balaban J connectivity index is 1.59. The first-order valence-corrected chi connectivity index (χ1v) is 7.94. The summed E-state index contributed by atoms with van der Waals surface area (Å²) in [6.07, 6.45) is -0.682. The van der Waals surface area contributed by atoms with Gasteiger partial charge in [0.2, 0.25) is 6.10 Å². The summed E-state index contributed by atoms with van der Waals surface area (Å²) in [5, 5.41) is 0.500. The van der Waals surface area contributed by atoms with Gasteiger partial charge in [0.25, 0.3) is 5.91 Å². The largest absolute Gasteiger partial charge is 0.473 e. The number of amides is 1. The number of carbonyl (C=O) groups excluding carboxylic acids is 1. The molecule has 0 radical (unpaired) electrons. The zero-order valence-corrected chi connectivity index (χ0v) is 12.4. The van der Waals surface area contributed by atoms with E-state index in [1.54, 1.807) is 0 Å². The molecule has 1 amide bonds. The number of ether oxygens (including phenoxy) is 1. The van der Waals surface area contributed by atoms with Gasteiger partial charge < -0.3 is 4.74 Å². The number of hydrogen-bond acceptors (Lipinski definition) is 4. The molecule has 0 aromatic heterocycles. The number of hydrogen-bond donors (Lipinski definition) is 0. The average molecular weight is 308 g/mol. The number of fused-ring (bicyclic) bond motifs is 3. The summed E-state index contributed by atoms with van der Waals surface area (Å²) >= 11 is 1.46. The Morgan fingerprint density at radius 3 is 2.64 bits per heavy atom. The Morgan fingerprint density at radius 2 is 1.77 bits per heavy atom. The summed E-state index contributed by atoms with van der Waals surface area (Å²) in [4.78, 5) is 20.7. The number of amidine groups is 1. The third kappa shape index (κ3) is 2.33. The van der Waals surface area contributed by atoms with Gasteiger partial charge >= 0.3 is 0 Å². The quantitative estimate of drug-likeness (QED) is 0.856. The van der Waals surface area contributed by atoms with Gasteiger partial charge in [0.1, 0.15) is 11.5 Å². The Hall–Kier alpha value is -2.40. The first-order valence-electron chi connectivity index (χ1n) is 6.95. The smallest absolute Gasteiger partial charge is 0.295 e. The minimum absolute atomic E-state index is 0.281. The fraction of sp³-hybridized carbons (Fsp3) is 0.118. The molecule has 2 aromatic carbocycles. The summed E-state index contributed by atoms with van der Waals surface area (Å²) in [5.41, 5.74) is 2.73. The van der Waals surface area contributed by atoms with E-state index in [9.17, 15) is 4.79 Å². The van der Waals surface area contributed by atoms with E-state index in [0.717, 1.165) is 11.3 Å². The highest BCUT2D eigenvalue weighted by molar-refractivity contribution is 8.13. The number of thioether (sulfide) groups is 1. The number of para-hydroxylation sites is 1. The van der Waals surface area contributed by atoms with Crippen LogP contribution in [0, 0.1) is 0 Å². The first kappa shape index (κ1) is 13.3. The van der Waals surface area contributed by atoms with E-state index >= 15 is 0 Å². The monoisotopic (exact) mass is 308 g/mol. The minimum atomic E-state index is -0.682. The maximum Gasteiger partial charge on any atom is 0.295 e. The van der Waals surface area contributed by atoms with Gasteiger partial charge in [0.15, 0.2) is 5.17 Å². The van der Waals surface area contributed by atoms with Crippen molar-refractivity contribution in [2.45, 2.75) is 11.9 Å². The highest BCUT2D eigenvalue weighted by Crippen LogP contribution is 2.32. The van der Waals surface area contributed by atoms with E-state index in [2.05, 4.69) is 9.98 Å². The molecule has 2 aliphatic heterocycles. The highest BCUT2D eigenvalue weighted by atomic mass is 32.2. The van der Waals surface area contributed by atoms with Crippen molar-refractivity contribution >= 4 is 28.5 Å². The van der Waals surface area contributed by atoms with Crippen molar-refractivity contribution in [1.29, 1.82) is 0 Å². The van der Waals surface area contributed by atoms with Gasteiger partial charge in [-0.25, -0.2) is 4.99 Å². The molecule has 0 saturated carbocycles. The van der Waals surface area contributed by atoms with E-state index < -0.39 is 6.10 Å². The highest BCUT2D eigenvalue weighted by Gasteiger charge is 2.38. The summed E-state index contributed by atoms with van der Waals surface area (Å²) < 4.78 is 5.64. The van der Waals surface area contributed by atoms with E-state index in [4.69, 9.17) is 4.74 Å². The van der Waals surface area contributed by atoms with Crippen molar-refractivity contribution in [1.82, 2.24) is 0 Å². The van der Waals surface area contributed by atoms with Crippen LogP contribution in [0.1, 0.15) is 11.1 Å². The van der Waals surface area contributed by atoms with E-state index in [0.29, 0.717) is 16.6 Å². The third-order valence-corrected chi connectivity index (χ3v) is 4.43. The molecule has 2 aromatic rings. The lowest BCUT2D eigenvalue weighted by Gasteiger charge is -2.13. The van der Waals surface area contributed by atoms with Crippen molar-refractivity contribution in [3.05, 3.63) is 65.7 Å². The van der Waals surface area contributed by atoms with Crippen LogP contribution in [0.3, 0.4) is 0 Å². The van der Waals surface area contributed by atoms with Crippen LogP contribution >= 0.6 is 11.8 Å². The Labute approximate surface area is 131 Å². The number of aliphatic imine (C=N–C) groups is 2. The maximum atomic E-state index is 12.2. The van der Waals surface area contributed by atoms with E-state index in [1.807, 2.05) is 54.6 Å². The molecule has 5 heteroatoms. The van der Waals surface area contributed by atoms with Crippen molar-refractivity contribution < 1.29 is 9.53 Å². The molecule has 22 heavy (non-hydrogen) atoms. The molecular formula is C17H12N2O2S. The van der Waals surface area contributed by atoms with Crippen molar-refractivity contribution in [3.63, 3.8) is 0 Å². The van der Waals surface area contributed by atoms with Gasteiger partial charge in [-0.1, -0.05) is 54.2 Å². The molecule has 0 saturated heterocycles. The van der Waals surface area contributed by atoms with E-state index in [-0.39, 0.29) is 5.91 Å². The minimum Gasteiger partial charge on any atom is -0.473 e. The number of benzene rings is 2. The van der Waals surface area contributed by atoms with Gasteiger partial charge in [-0.15, -0.1) is 0 Å². The standard InChI is InChI=1S/C17H12N2O2S/c20-16-15-14(12-8-4-5-9-13(12)21-15)18-17(19-16)22-10-11-6-2-1-3-7-11/h1-9,15H,10H2. The molecule has 0 N–H and O–H groups in total. The predicted molar refractivity (Wildman–Crippen MR) is 87.6 cm³/mol. The Bertz CT molecular complexity index is 799. The molecule has 1 unspecified atom stereocenters. The molecule has 0 bridgehead atoms. The van der Waals surface area contributed by atoms with Crippen LogP contribution in [0.25, 0.3) is 0 Å². The van der Waals surface area contributed by atoms with Gasteiger partial charge in [-0.05, 0) is 17.7 Å². The van der Waals surface area contributed by atoms with Crippen LogP contribution in [-0.2, 0) is 10.5 Å². The van der Waals surface area contributed by atoms with Gasteiger partial charge in [-0.2, -0.15) is 4.99 Å². The molecule has 108 valence electrons. The lowest BCUT2D eigenvalue weighted by atomic mass is 10.1. The van der Waals surface area contributed by atoms with Crippen LogP contribution in [0.15, 0.2) is 64.6 Å². The maximum absolute atomic E-state index is 12.2. The lowest BCUT2D eigenvalue weighted by Crippen LogP contribution is -2.34. The second-order valence-corrected chi connectivity index (χ2v) is 5.94. The molecule has 4 rings (SSSR count). The first-order chi connectivity index (χ1) is 10.8. The zero-order chi connectivity index (χ0) is 14.9. The van der Waals surface area contributed by atoms with Crippen LogP contribution in [0.2, 0.25) is 0 Å². The summed E-state index contributed by atoms with van der Waals surface area (Å²) in [6, 6.07) is 17.6. The van der Waals surface area contributed by atoms with Gasteiger partial charge in [-0.3, -0.25) is 4.79 Å². The topological polar surface area (TPSA) is 51.0 Å². The van der Waals surface area contributed by atoms with Crippen LogP contribution in [0.5, 0.6) is 5.75 Å². The summed E-state index contributed by atoms with van der Waals surface area (Å²) in [5.74, 6) is 1.15. The SMILES string of the molecule is O=C1N=C(SCc2ccccc2)N=C2c3ccccc3OC12. The Kier molecular flexibility index (Phi) is 3.27. The van der Waals surface area contributed by atoms with Crippen LogP contribution in [-0.4, -0.2) is 22.9 Å². The number of rotatable bonds is 2. The normalized spacial score (nSPS) is 18.9. The second-order valence-electron chi connectivity index (χ2n) is 5.00. The van der Waals surface area contributed by atoms with Crippen molar-refractivity contribution in [3.8, 4) is 5.75 Å². The molecule has 4 nitrogen and oxygen atoms in total. The second kappa shape index (κ2) is 5.42. The molecular weight excluding hydrogens is 296 g/mol. The van der Waals surface area contributed by atoms with Crippen molar-refractivity contribution in [2.75, 3.05) is 0 Å². The van der Waals surface area contributed by atoms with E-state index in [1.165, 1.54) is 17.3 Å². The predicted octanol–water partition coefficient (Wildman–Crippen LogP) is 3.07. The van der Waals surface area contributed by atoms with Crippen LogP contribution < -0.4 is 4.74 Å². The molecule has 0 aliphatic carbocycles. The molecule has 0 spiro atoms. The number of nitrogens with zero attached hydrogens (tertiary/aromatic N) is 2. The molecule has 2 heterocycles. The van der Waals surface area contributed by atoms with Crippen LogP contribution in [0.4, 0.5) is 0 Å². The average Bonchev–Trinajstić information content (AvgIpc) is 2.94. The lowest BCUT2D eigenvalue weighted by molar-refractivity contribution is -0.121. The fourth-order valence-electron chi connectivity index (χ4n) is 2.46. The Morgan fingerprint density at radius 1 is 1.00 bits per heavy atom. The summed E-state index contributed by atoms with van der Waals surface area (Å²) in [6.45, 7) is 0.